The van der Waals surface area contributed by atoms with E-state index in [2.05, 4.69) is 47.2 Å². The number of hydrogen-bond acceptors (Lipinski definition) is 11. The summed E-state index contributed by atoms with van der Waals surface area (Å²) in [5.41, 5.74) is -0.262. The number of nitrogens with zero attached hydrogens (tertiary/aromatic N) is 2. The van der Waals surface area contributed by atoms with Crippen LogP contribution in [0.1, 0.15) is 122 Å². The van der Waals surface area contributed by atoms with E-state index in [-0.39, 0.29) is 43.4 Å². The molecule has 16 heteroatoms. The highest BCUT2D eigenvalue weighted by atomic mass is 32.2. The number of anilines is 1. The van der Waals surface area contributed by atoms with Gasteiger partial charge in [0.1, 0.15) is 41.0 Å². The molecular weight excluding hydrogens is 813 g/mol. The second-order valence-corrected chi connectivity index (χ2v) is 21.4. The minimum absolute atomic E-state index is 0.0161. The molecule has 1 saturated heterocycles. The Morgan fingerprint density at radius 2 is 1.73 bits per heavy atom. The summed E-state index contributed by atoms with van der Waals surface area (Å²) in [4.78, 5) is 63.7. The van der Waals surface area contributed by atoms with Crippen LogP contribution in [0.3, 0.4) is 0 Å². The first-order chi connectivity index (χ1) is 29.7. The van der Waals surface area contributed by atoms with Gasteiger partial charge in [0.15, 0.2) is 0 Å². The topological polar surface area (TPSA) is 194 Å². The molecule has 2 aliphatic heterocycles. The zero-order chi connectivity index (χ0) is 43.8. The molecule has 8 rings (SSSR count). The molecule has 4 aliphatic carbocycles. The van der Waals surface area contributed by atoms with Crippen LogP contribution >= 0.6 is 0 Å². The van der Waals surface area contributed by atoms with Crippen molar-refractivity contribution in [3.8, 4) is 11.5 Å². The lowest BCUT2D eigenvalue weighted by Gasteiger charge is -2.35. The number of methoxy groups -OCH3 is 1. The normalized spacial score (nSPS) is 28.7. The first kappa shape index (κ1) is 44.0. The van der Waals surface area contributed by atoms with E-state index in [1.54, 1.807) is 7.11 Å². The number of hydrogen-bond donors (Lipinski definition) is 4. The number of benzene rings is 1. The molecule has 2 aromatic rings. The number of amides is 4. The molecule has 0 radical (unpaired) electrons. The summed E-state index contributed by atoms with van der Waals surface area (Å²) >= 11 is 0. The third-order valence-electron chi connectivity index (χ3n) is 14.1. The fourth-order valence-corrected chi connectivity index (χ4v) is 11.5. The molecule has 4 N–H and O–H groups in total. The predicted octanol–water partition coefficient (Wildman–Crippen LogP) is 6.04. The Bertz CT molecular complexity index is 2170. The first-order valence-electron chi connectivity index (χ1n) is 22.9. The average Bonchev–Trinajstić information content (AvgIpc) is 4.19. The van der Waals surface area contributed by atoms with E-state index in [0.717, 1.165) is 81.6 Å². The van der Waals surface area contributed by atoms with E-state index >= 15 is 4.79 Å². The number of ether oxygens (including phenoxy) is 3. The minimum atomic E-state index is -3.91. The van der Waals surface area contributed by atoms with Crippen molar-refractivity contribution in [2.45, 2.75) is 158 Å². The lowest BCUT2D eigenvalue weighted by molar-refractivity contribution is -0.142. The molecule has 4 bridgehead atoms. The van der Waals surface area contributed by atoms with E-state index in [0.29, 0.717) is 42.1 Å². The van der Waals surface area contributed by atoms with Crippen LogP contribution in [0.2, 0.25) is 0 Å². The second-order valence-electron chi connectivity index (χ2n) is 19.4. The zero-order valence-electron chi connectivity index (χ0n) is 36.5. The number of aryl methyl sites for hydroxylation is 1. The van der Waals surface area contributed by atoms with Crippen molar-refractivity contribution < 1.29 is 41.8 Å². The Labute approximate surface area is 365 Å². The van der Waals surface area contributed by atoms with Crippen LogP contribution in [-0.2, 0) is 35.6 Å². The summed E-state index contributed by atoms with van der Waals surface area (Å²) in [6.07, 6.45) is 13.4. The van der Waals surface area contributed by atoms with Gasteiger partial charge in [0.05, 0.1) is 31.0 Å². The Kier molecular flexibility index (Phi) is 12.7. The molecule has 4 amide bonds. The van der Waals surface area contributed by atoms with Crippen LogP contribution in [0.5, 0.6) is 11.5 Å². The fraction of sp³-hybridized carbons (Fsp3) is 0.674. The average molecular weight is 877 g/mol. The first-order valence-corrected chi connectivity index (χ1v) is 24.4. The van der Waals surface area contributed by atoms with E-state index < -0.39 is 68.7 Å². The van der Waals surface area contributed by atoms with Crippen LogP contribution in [-0.4, -0.2) is 97.4 Å². The van der Waals surface area contributed by atoms with E-state index in [9.17, 15) is 22.8 Å². The Morgan fingerprint density at radius 3 is 2.40 bits per heavy atom. The molecule has 15 nitrogen and oxygen atoms in total. The number of fused-ring (bicyclic) bond motifs is 3. The standard InChI is InChI=1S/C46H64N6O9S/c1-5-30-25-46(30,43(55)51-62(57,58)33-18-19-33)50-41(53)36-22-32-26-52(36)42(54)40(28-13-8-6-9-14-28)49-44(56)60-27-45(2,3)20-12-15-29-21-34-35(23-37(29)59-4)48-39(24-38(34)61-32)47-31-16-10-7-11-17-31/h5,21,23-24,28,30-33,36,40H,1,6-20,22,25-27H2,2-4H3,(H,47,48)(H,49,56)(H,50,53)(H,51,55)/t30-,32-,36+,40+,46?/m1/s1. The summed E-state index contributed by atoms with van der Waals surface area (Å²) in [6, 6.07) is 4.09. The zero-order valence-corrected chi connectivity index (χ0v) is 37.3. The number of nitrogens with one attached hydrogen (secondary N) is 4. The molecule has 4 saturated carbocycles. The highest BCUT2D eigenvalue weighted by Gasteiger charge is 2.62. The number of rotatable bonds is 10. The van der Waals surface area contributed by atoms with Crippen LogP contribution in [0.4, 0.5) is 10.6 Å². The molecule has 1 aromatic carbocycles. The highest BCUT2D eigenvalue weighted by Crippen LogP contribution is 2.46. The van der Waals surface area contributed by atoms with Crippen LogP contribution in [0.15, 0.2) is 30.9 Å². The number of aromatic nitrogens is 1. The highest BCUT2D eigenvalue weighted by molar-refractivity contribution is 7.91. The van der Waals surface area contributed by atoms with Crippen LogP contribution in [0.25, 0.3) is 10.9 Å². The van der Waals surface area contributed by atoms with Crippen molar-refractivity contribution in [3.63, 3.8) is 0 Å². The van der Waals surface area contributed by atoms with E-state index in [1.807, 2.05) is 12.1 Å². The summed E-state index contributed by atoms with van der Waals surface area (Å²) in [7, 11) is -2.26. The molecule has 1 aromatic heterocycles. The van der Waals surface area contributed by atoms with Crippen LogP contribution in [0, 0.1) is 17.3 Å². The second kappa shape index (κ2) is 17.9. The van der Waals surface area contributed by atoms with Gasteiger partial charge in [-0.15, -0.1) is 6.58 Å². The SMILES string of the molecule is C=C[C@@H]1CC1(NC(=O)[C@@H]1C[C@@H]2CN1C(=O)[C@H](C1CCCCC1)NC(=O)OCC(C)(C)CCCc1cc3c(cc(NC4CCCCC4)nc3cc1OC)O2)C(=O)NS(=O)(=O)C1CC1. The van der Waals surface area contributed by atoms with Gasteiger partial charge < -0.3 is 35.1 Å². The third-order valence-corrected chi connectivity index (χ3v) is 15.9. The lowest BCUT2D eigenvalue weighted by Crippen LogP contribution is -2.59. The monoisotopic (exact) mass is 876 g/mol. The number of carbonyl (C=O) groups is 4. The maximum Gasteiger partial charge on any atom is 0.407 e. The molecule has 5 fully saturated rings. The van der Waals surface area contributed by atoms with Crippen molar-refractivity contribution in [1.82, 2.24) is 25.2 Å². The summed E-state index contributed by atoms with van der Waals surface area (Å²) < 4.78 is 46.7. The van der Waals surface area contributed by atoms with Gasteiger partial charge in [-0.05, 0) is 87.2 Å². The molecule has 5 atom stereocenters. The molecule has 1 unspecified atom stereocenters. The largest absolute Gasteiger partial charge is 0.496 e. The van der Waals surface area contributed by atoms with Gasteiger partial charge in [-0.2, -0.15) is 0 Å². The molecule has 0 spiro atoms. The van der Waals surface area contributed by atoms with Gasteiger partial charge in [0.2, 0.25) is 21.8 Å². The Morgan fingerprint density at radius 1 is 1.00 bits per heavy atom. The Hall–Kier alpha value is -4.60. The van der Waals surface area contributed by atoms with Crippen molar-refractivity contribution in [3.05, 3.63) is 36.4 Å². The van der Waals surface area contributed by atoms with Gasteiger partial charge in [-0.3, -0.25) is 19.1 Å². The summed E-state index contributed by atoms with van der Waals surface area (Å²) in [5, 5.41) is 9.62. The van der Waals surface area contributed by atoms with Crippen molar-refractivity contribution >= 4 is 50.6 Å². The van der Waals surface area contributed by atoms with Gasteiger partial charge in [0.25, 0.3) is 5.91 Å². The summed E-state index contributed by atoms with van der Waals surface area (Å²) in [5.74, 6) is -0.638. The number of cyclic esters (lactones) is 1. The fourth-order valence-electron chi connectivity index (χ4n) is 10.1. The van der Waals surface area contributed by atoms with Gasteiger partial charge in [-0.25, -0.2) is 18.2 Å². The molecule has 338 valence electrons. The van der Waals surface area contributed by atoms with E-state index in [1.165, 1.54) is 17.4 Å². The Balaban J connectivity index is 1.17. The number of carbonyl (C=O) groups excluding carboxylic acids is 4. The van der Waals surface area contributed by atoms with E-state index in [4.69, 9.17) is 19.2 Å². The third kappa shape index (κ3) is 9.64. The van der Waals surface area contributed by atoms with Gasteiger partial charge >= 0.3 is 6.09 Å². The quantitative estimate of drug-likeness (QED) is 0.203. The summed E-state index contributed by atoms with van der Waals surface area (Å²) in [6.45, 7) is 8.10. The molecule has 62 heavy (non-hydrogen) atoms. The number of sulfonamides is 1. The molecule has 6 aliphatic rings. The molecule has 3 heterocycles. The number of pyridine rings is 1. The predicted molar refractivity (Wildman–Crippen MR) is 234 cm³/mol. The molecular formula is C46H64N6O9S. The van der Waals surface area contributed by atoms with Gasteiger partial charge in [0, 0.05) is 35.9 Å². The number of alkyl carbamates (subject to hydrolysis) is 1. The maximum absolute atomic E-state index is 15.1. The minimum Gasteiger partial charge on any atom is -0.496 e. The van der Waals surface area contributed by atoms with Crippen LogP contribution < -0.4 is 30.1 Å². The lowest BCUT2D eigenvalue weighted by atomic mass is 9.83. The van der Waals surface area contributed by atoms with Crippen molar-refractivity contribution in [1.29, 1.82) is 0 Å². The van der Waals surface area contributed by atoms with Crippen molar-refractivity contribution in [2.75, 3.05) is 25.6 Å². The maximum atomic E-state index is 15.1. The smallest absolute Gasteiger partial charge is 0.407 e. The van der Waals surface area contributed by atoms with Crippen molar-refractivity contribution in [2.24, 2.45) is 17.3 Å². The van der Waals surface area contributed by atoms with Gasteiger partial charge in [-0.1, -0.05) is 58.4 Å².